The molecule has 0 aliphatic rings. The zero-order valence-corrected chi connectivity index (χ0v) is 13.7. The molecular weight excluding hydrogens is 342 g/mol. The lowest BCUT2D eigenvalue weighted by Crippen LogP contribution is -2.30. The molecule has 0 aliphatic heterocycles. The van der Waals surface area contributed by atoms with Crippen LogP contribution in [0.25, 0.3) is 0 Å². The van der Waals surface area contributed by atoms with Gasteiger partial charge in [0.2, 0.25) is 5.91 Å². The molecule has 2 N–H and O–H groups in total. The third kappa shape index (κ3) is 6.43. The van der Waals surface area contributed by atoms with Crippen molar-refractivity contribution >= 4 is 39.6 Å². The standard InChI is InChI=1S/C14H18BrNO3S/c1-20-7-3-6-13(17)16-12(9-14(18)19)10-4-2-5-11(15)8-10/h2,4-5,8,12H,3,6-7,9H2,1H3,(H,16,17)(H,18,19). The first kappa shape index (κ1) is 17.0. The summed E-state index contributed by atoms with van der Waals surface area (Å²) in [6, 6.07) is 6.85. The lowest BCUT2D eigenvalue weighted by molar-refractivity contribution is -0.137. The summed E-state index contributed by atoms with van der Waals surface area (Å²) < 4.78 is 0.863. The number of rotatable bonds is 8. The highest BCUT2D eigenvalue weighted by molar-refractivity contribution is 9.10. The number of thioether (sulfide) groups is 1. The normalized spacial score (nSPS) is 11.9. The van der Waals surface area contributed by atoms with Crippen molar-refractivity contribution in [3.63, 3.8) is 0 Å². The minimum Gasteiger partial charge on any atom is -0.481 e. The van der Waals surface area contributed by atoms with E-state index in [0.717, 1.165) is 22.2 Å². The smallest absolute Gasteiger partial charge is 0.305 e. The van der Waals surface area contributed by atoms with Crippen LogP contribution in [-0.2, 0) is 9.59 Å². The Morgan fingerprint density at radius 3 is 2.80 bits per heavy atom. The zero-order chi connectivity index (χ0) is 15.0. The van der Waals surface area contributed by atoms with Crippen LogP contribution in [0, 0.1) is 0 Å². The van der Waals surface area contributed by atoms with Gasteiger partial charge in [0.25, 0.3) is 0 Å². The van der Waals surface area contributed by atoms with Gasteiger partial charge >= 0.3 is 5.97 Å². The van der Waals surface area contributed by atoms with Gasteiger partial charge in [-0.3, -0.25) is 9.59 Å². The number of carboxylic acids is 1. The van der Waals surface area contributed by atoms with E-state index in [-0.39, 0.29) is 12.3 Å². The number of hydrogen-bond acceptors (Lipinski definition) is 3. The second-order valence-corrected chi connectivity index (χ2v) is 6.27. The van der Waals surface area contributed by atoms with Gasteiger partial charge < -0.3 is 10.4 Å². The molecule has 0 radical (unpaired) electrons. The second kappa shape index (κ2) is 9.02. The van der Waals surface area contributed by atoms with Gasteiger partial charge in [-0.1, -0.05) is 28.1 Å². The topological polar surface area (TPSA) is 66.4 Å². The maximum absolute atomic E-state index is 11.8. The van der Waals surface area contributed by atoms with Crippen LogP contribution in [0.3, 0.4) is 0 Å². The van der Waals surface area contributed by atoms with E-state index in [4.69, 9.17) is 5.11 Å². The highest BCUT2D eigenvalue weighted by Crippen LogP contribution is 2.21. The number of nitrogens with one attached hydrogen (secondary N) is 1. The molecule has 0 spiro atoms. The predicted octanol–water partition coefficient (Wildman–Crippen LogP) is 3.22. The fourth-order valence-electron chi connectivity index (χ4n) is 1.79. The molecule has 0 saturated heterocycles. The molecule has 0 aromatic heterocycles. The van der Waals surface area contributed by atoms with Gasteiger partial charge in [0, 0.05) is 10.9 Å². The summed E-state index contributed by atoms with van der Waals surface area (Å²) in [6.07, 6.45) is 3.09. The number of carboxylic acid groups (broad SMARTS) is 1. The zero-order valence-electron chi connectivity index (χ0n) is 11.3. The third-order valence-electron chi connectivity index (χ3n) is 2.72. The minimum atomic E-state index is -0.931. The Balaban J connectivity index is 2.69. The van der Waals surface area contributed by atoms with E-state index >= 15 is 0 Å². The van der Waals surface area contributed by atoms with Crippen LogP contribution < -0.4 is 5.32 Å². The van der Waals surface area contributed by atoms with E-state index in [1.807, 2.05) is 30.5 Å². The lowest BCUT2D eigenvalue weighted by atomic mass is 10.0. The molecular formula is C14H18BrNO3S. The molecule has 1 unspecified atom stereocenters. The third-order valence-corrected chi connectivity index (χ3v) is 3.91. The molecule has 1 atom stereocenters. The average Bonchev–Trinajstić information content (AvgIpc) is 2.38. The number of carbonyl (C=O) groups is 2. The van der Waals surface area contributed by atoms with Gasteiger partial charge in [-0.25, -0.2) is 0 Å². The summed E-state index contributed by atoms with van der Waals surface area (Å²) in [7, 11) is 0. The quantitative estimate of drug-likeness (QED) is 0.699. The van der Waals surface area contributed by atoms with Crippen molar-refractivity contribution < 1.29 is 14.7 Å². The predicted molar refractivity (Wildman–Crippen MR) is 84.9 cm³/mol. The van der Waals surface area contributed by atoms with Crippen LogP contribution in [0.5, 0.6) is 0 Å². The number of carbonyl (C=O) groups excluding carboxylic acids is 1. The summed E-state index contributed by atoms with van der Waals surface area (Å²) >= 11 is 5.04. The Bertz CT molecular complexity index is 467. The van der Waals surface area contributed by atoms with E-state index < -0.39 is 12.0 Å². The molecule has 1 amide bonds. The molecule has 0 heterocycles. The largest absolute Gasteiger partial charge is 0.481 e. The van der Waals surface area contributed by atoms with Crippen molar-refractivity contribution in [3.05, 3.63) is 34.3 Å². The number of benzene rings is 1. The van der Waals surface area contributed by atoms with Gasteiger partial charge in [0.05, 0.1) is 12.5 Å². The van der Waals surface area contributed by atoms with Gasteiger partial charge in [-0.05, 0) is 36.1 Å². The Morgan fingerprint density at radius 2 is 2.20 bits per heavy atom. The molecule has 6 heteroatoms. The van der Waals surface area contributed by atoms with Gasteiger partial charge in [0.1, 0.15) is 0 Å². The molecule has 0 bridgehead atoms. The Kier molecular flexibility index (Phi) is 7.69. The van der Waals surface area contributed by atoms with Crippen LogP contribution in [0.2, 0.25) is 0 Å². The van der Waals surface area contributed by atoms with Crippen LogP contribution in [0.4, 0.5) is 0 Å². The SMILES string of the molecule is CSCCCC(=O)NC(CC(=O)O)c1cccc(Br)c1. The summed E-state index contributed by atoms with van der Waals surface area (Å²) in [5.41, 5.74) is 0.792. The van der Waals surface area contributed by atoms with Crippen LogP contribution in [0.1, 0.15) is 30.9 Å². The molecule has 1 rings (SSSR count). The second-order valence-electron chi connectivity index (χ2n) is 4.37. The van der Waals surface area contributed by atoms with Crippen molar-refractivity contribution in [1.82, 2.24) is 5.32 Å². The first-order valence-corrected chi connectivity index (χ1v) is 8.47. The molecule has 4 nitrogen and oxygen atoms in total. The summed E-state index contributed by atoms with van der Waals surface area (Å²) in [5, 5.41) is 11.8. The van der Waals surface area contributed by atoms with Crippen molar-refractivity contribution in [1.29, 1.82) is 0 Å². The number of hydrogen-bond donors (Lipinski definition) is 2. The van der Waals surface area contributed by atoms with Crippen LogP contribution in [0.15, 0.2) is 28.7 Å². The number of aliphatic carboxylic acids is 1. The number of amides is 1. The van der Waals surface area contributed by atoms with Crippen molar-refractivity contribution in [3.8, 4) is 0 Å². The first-order valence-electron chi connectivity index (χ1n) is 6.28. The summed E-state index contributed by atoms with van der Waals surface area (Å²) in [5.74, 6) is -0.113. The average molecular weight is 360 g/mol. The fraction of sp³-hybridized carbons (Fsp3) is 0.429. The van der Waals surface area contributed by atoms with Gasteiger partial charge in [0.15, 0.2) is 0 Å². The van der Waals surface area contributed by atoms with Gasteiger partial charge in [-0.15, -0.1) is 0 Å². The van der Waals surface area contributed by atoms with Crippen molar-refractivity contribution in [2.24, 2.45) is 0 Å². The molecule has 0 fully saturated rings. The molecule has 0 aliphatic carbocycles. The highest BCUT2D eigenvalue weighted by Gasteiger charge is 2.18. The van der Waals surface area contributed by atoms with Gasteiger partial charge in [-0.2, -0.15) is 11.8 Å². The first-order chi connectivity index (χ1) is 9.52. The molecule has 1 aromatic carbocycles. The summed E-state index contributed by atoms with van der Waals surface area (Å²) in [6.45, 7) is 0. The summed E-state index contributed by atoms with van der Waals surface area (Å²) in [4.78, 5) is 22.8. The molecule has 1 aromatic rings. The Labute approximate surface area is 131 Å². The maximum atomic E-state index is 11.8. The molecule has 20 heavy (non-hydrogen) atoms. The number of halogens is 1. The van der Waals surface area contributed by atoms with E-state index in [1.165, 1.54) is 0 Å². The maximum Gasteiger partial charge on any atom is 0.305 e. The molecule has 0 saturated carbocycles. The molecule has 110 valence electrons. The van der Waals surface area contributed by atoms with Crippen LogP contribution >= 0.6 is 27.7 Å². The Morgan fingerprint density at radius 1 is 1.45 bits per heavy atom. The Hall–Kier alpha value is -1.01. The highest BCUT2D eigenvalue weighted by atomic mass is 79.9. The van der Waals surface area contributed by atoms with Crippen LogP contribution in [-0.4, -0.2) is 29.0 Å². The lowest BCUT2D eigenvalue weighted by Gasteiger charge is -2.17. The minimum absolute atomic E-state index is 0.106. The fourth-order valence-corrected chi connectivity index (χ4v) is 2.64. The van der Waals surface area contributed by atoms with Crippen molar-refractivity contribution in [2.45, 2.75) is 25.3 Å². The van der Waals surface area contributed by atoms with Crippen molar-refractivity contribution in [2.75, 3.05) is 12.0 Å². The van der Waals surface area contributed by atoms with E-state index in [9.17, 15) is 9.59 Å². The monoisotopic (exact) mass is 359 g/mol. The van der Waals surface area contributed by atoms with E-state index in [1.54, 1.807) is 11.8 Å². The van der Waals surface area contributed by atoms with E-state index in [2.05, 4.69) is 21.2 Å². The van der Waals surface area contributed by atoms with E-state index in [0.29, 0.717) is 6.42 Å².